The summed E-state index contributed by atoms with van der Waals surface area (Å²) in [5.41, 5.74) is 1.39. The van der Waals surface area contributed by atoms with Gasteiger partial charge in [0, 0.05) is 18.3 Å². The van der Waals surface area contributed by atoms with Crippen molar-refractivity contribution in [2.45, 2.75) is 39.8 Å². The van der Waals surface area contributed by atoms with Crippen LogP contribution in [0.2, 0.25) is 0 Å². The molecule has 2 aromatic heterocycles. The molecule has 0 amide bonds. The summed E-state index contributed by atoms with van der Waals surface area (Å²) >= 11 is 0. The standard InChI is InChI=1S/C12H18N6O2/c1-4-5-17-12(11(18(19)20)9(3)16-17)15-8(2)10-6-13-14-7-10/h6-8,15H,4-5H2,1-3H3,(H,13,14). The first-order valence-corrected chi connectivity index (χ1v) is 6.51. The van der Waals surface area contributed by atoms with Crippen molar-refractivity contribution < 1.29 is 4.92 Å². The van der Waals surface area contributed by atoms with Gasteiger partial charge in [-0.05, 0) is 20.3 Å². The molecule has 2 N–H and O–H groups in total. The highest BCUT2D eigenvalue weighted by Crippen LogP contribution is 2.31. The second-order valence-electron chi connectivity index (χ2n) is 4.66. The lowest BCUT2D eigenvalue weighted by atomic mass is 10.2. The zero-order valence-electron chi connectivity index (χ0n) is 11.8. The van der Waals surface area contributed by atoms with Crippen LogP contribution in [0.4, 0.5) is 11.5 Å². The maximum atomic E-state index is 11.2. The Morgan fingerprint density at radius 2 is 2.35 bits per heavy atom. The molecule has 1 atom stereocenters. The molecule has 2 heterocycles. The summed E-state index contributed by atoms with van der Waals surface area (Å²) in [6, 6.07) is -0.0980. The molecule has 20 heavy (non-hydrogen) atoms. The van der Waals surface area contributed by atoms with Gasteiger partial charge in [-0.3, -0.25) is 15.2 Å². The molecule has 0 aliphatic heterocycles. The number of aromatic nitrogens is 4. The van der Waals surface area contributed by atoms with Crippen LogP contribution in [0.1, 0.15) is 37.6 Å². The number of hydrogen-bond acceptors (Lipinski definition) is 5. The third kappa shape index (κ3) is 2.63. The van der Waals surface area contributed by atoms with Crippen molar-refractivity contribution in [1.82, 2.24) is 20.0 Å². The fourth-order valence-corrected chi connectivity index (χ4v) is 2.09. The van der Waals surface area contributed by atoms with E-state index in [1.165, 1.54) is 0 Å². The van der Waals surface area contributed by atoms with Crippen molar-refractivity contribution in [1.29, 1.82) is 0 Å². The smallest absolute Gasteiger partial charge is 0.333 e. The molecule has 0 aliphatic rings. The average Bonchev–Trinajstić information content (AvgIpc) is 2.98. The lowest BCUT2D eigenvalue weighted by Crippen LogP contribution is -2.12. The molecule has 0 aliphatic carbocycles. The van der Waals surface area contributed by atoms with Gasteiger partial charge in [0.25, 0.3) is 0 Å². The zero-order valence-corrected chi connectivity index (χ0v) is 11.8. The number of hydrogen-bond donors (Lipinski definition) is 2. The molecular formula is C12H18N6O2. The molecule has 0 fully saturated rings. The largest absolute Gasteiger partial charge is 0.358 e. The molecule has 0 aromatic carbocycles. The van der Waals surface area contributed by atoms with Crippen LogP contribution in [0, 0.1) is 17.0 Å². The number of nitrogens with zero attached hydrogens (tertiary/aromatic N) is 4. The van der Waals surface area contributed by atoms with E-state index < -0.39 is 0 Å². The Morgan fingerprint density at radius 3 is 2.90 bits per heavy atom. The van der Waals surface area contributed by atoms with Crippen molar-refractivity contribution in [3.05, 3.63) is 33.8 Å². The Labute approximate surface area is 116 Å². The fraction of sp³-hybridized carbons (Fsp3) is 0.500. The Hall–Kier alpha value is -2.38. The van der Waals surface area contributed by atoms with Gasteiger partial charge >= 0.3 is 5.69 Å². The first kappa shape index (κ1) is 14.0. The number of nitro groups is 1. The van der Waals surface area contributed by atoms with Crippen LogP contribution in [0.25, 0.3) is 0 Å². The fourth-order valence-electron chi connectivity index (χ4n) is 2.09. The maximum absolute atomic E-state index is 11.2. The van der Waals surface area contributed by atoms with Gasteiger partial charge < -0.3 is 5.32 Å². The van der Waals surface area contributed by atoms with E-state index in [9.17, 15) is 10.1 Å². The summed E-state index contributed by atoms with van der Waals surface area (Å²) < 4.78 is 1.66. The molecule has 108 valence electrons. The SMILES string of the molecule is CCCn1nc(C)c([N+](=O)[O-])c1NC(C)c1cn[nH]c1. The Kier molecular flexibility index (Phi) is 4.02. The molecule has 0 radical (unpaired) electrons. The minimum atomic E-state index is -0.390. The lowest BCUT2D eigenvalue weighted by molar-refractivity contribution is -0.384. The second kappa shape index (κ2) is 5.72. The average molecular weight is 278 g/mol. The molecule has 0 saturated heterocycles. The topological polar surface area (TPSA) is 102 Å². The summed E-state index contributed by atoms with van der Waals surface area (Å²) in [5, 5.41) is 25.3. The predicted octanol–water partition coefficient (Wildman–Crippen LogP) is 2.41. The number of H-pyrrole nitrogens is 1. The van der Waals surface area contributed by atoms with E-state index in [0.717, 1.165) is 12.0 Å². The van der Waals surface area contributed by atoms with Crippen LogP contribution < -0.4 is 5.32 Å². The molecule has 0 spiro atoms. The summed E-state index contributed by atoms with van der Waals surface area (Å²) in [6.45, 7) is 6.21. The number of nitrogens with one attached hydrogen (secondary N) is 2. The molecule has 0 bridgehead atoms. The van der Waals surface area contributed by atoms with Crippen LogP contribution in [-0.4, -0.2) is 24.9 Å². The third-order valence-electron chi connectivity index (χ3n) is 3.09. The van der Waals surface area contributed by atoms with Crippen LogP contribution in [0.15, 0.2) is 12.4 Å². The first-order chi connectivity index (χ1) is 9.54. The van der Waals surface area contributed by atoms with Crippen molar-refractivity contribution in [3.63, 3.8) is 0 Å². The lowest BCUT2D eigenvalue weighted by Gasteiger charge is -2.14. The van der Waals surface area contributed by atoms with Crippen LogP contribution in [0.5, 0.6) is 0 Å². The second-order valence-corrected chi connectivity index (χ2v) is 4.66. The molecule has 8 nitrogen and oxygen atoms in total. The van der Waals surface area contributed by atoms with Gasteiger partial charge in [0.05, 0.1) is 17.2 Å². The van der Waals surface area contributed by atoms with E-state index in [4.69, 9.17) is 0 Å². The normalized spacial score (nSPS) is 12.3. The monoisotopic (exact) mass is 278 g/mol. The highest BCUT2D eigenvalue weighted by atomic mass is 16.6. The van der Waals surface area contributed by atoms with Crippen molar-refractivity contribution >= 4 is 11.5 Å². The Balaban J connectivity index is 2.35. The molecule has 0 saturated carbocycles. The molecule has 2 aromatic rings. The number of rotatable bonds is 6. The highest BCUT2D eigenvalue weighted by Gasteiger charge is 2.26. The number of anilines is 1. The third-order valence-corrected chi connectivity index (χ3v) is 3.09. The van der Waals surface area contributed by atoms with Gasteiger partial charge in [0.1, 0.15) is 5.69 Å². The van der Waals surface area contributed by atoms with Gasteiger partial charge in [0.2, 0.25) is 5.82 Å². The summed E-state index contributed by atoms with van der Waals surface area (Å²) in [5.74, 6) is 0.447. The first-order valence-electron chi connectivity index (χ1n) is 6.51. The van der Waals surface area contributed by atoms with Crippen LogP contribution in [-0.2, 0) is 6.54 Å². The van der Waals surface area contributed by atoms with Crippen LogP contribution in [0.3, 0.4) is 0 Å². The van der Waals surface area contributed by atoms with E-state index in [1.54, 1.807) is 24.0 Å². The Bertz CT molecular complexity index is 589. The van der Waals surface area contributed by atoms with Crippen molar-refractivity contribution in [3.8, 4) is 0 Å². The number of aryl methyl sites for hydroxylation is 2. The van der Waals surface area contributed by atoms with Crippen LogP contribution >= 0.6 is 0 Å². The zero-order chi connectivity index (χ0) is 14.7. The molecule has 1 unspecified atom stereocenters. The maximum Gasteiger partial charge on any atom is 0.333 e. The van der Waals surface area contributed by atoms with E-state index in [1.807, 2.05) is 13.8 Å². The quantitative estimate of drug-likeness (QED) is 0.624. The van der Waals surface area contributed by atoms with Gasteiger partial charge in [0.15, 0.2) is 0 Å². The summed E-state index contributed by atoms with van der Waals surface area (Å²) in [6.07, 6.45) is 4.31. The van der Waals surface area contributed by atoms with E-state index in [2.05, 4.69) is 20.6 Å². The summed E-state index contributed by atoms with van der Waals surface area (Å²) in [4.78, 5) is 10.8. The molecule has 2 rings (SSSR count). The van der Waals surface area contributed by atoms with Gasteiger partial charge in [-0.2, -0.15) is 10.2 Å². The highest BCUT2D eigenvalue weighted by molar-refractivity contribution is 5.60. The van der Waals surface area contributed by atoms with Gasteiger partial charge in [-0.1, -0.05) is 6.92 Å². The minimum absolute atomic E-state index is 0.0359. The van der Waals surface area contributed by atoms with Crippen molar-refractivity contribution in [2.75, 3.05) is 5.32 Å². The summed E-state index contributed by atoms with van der Waals surface area (Å²) in [7, 11) is 0. The van der Waals surface area contributed by atoms with E-state index >= 15 is 0 Å². The van der Waals surface area contributed by atoms with Crippen molar-refractivity contribution in [2.24, 2.45) is 0 Å². The Morgan fingerprint density at radius 1 is 1.60 bits per heavy atom. The minimum Gasteiger partial charge on any atom is -0.358 e. The predicted molar refractivity (Wildman–Crippen MR) is 74.5 cm³/mol. The molecule has 8 heteroatoms. The van der Waals surface area contributed by atoms with E-state index in [-0.39, 0.29) is 16.7 Å². The van der Waals surface area contributed by atoms with E-state index in [0.29, 0.717) is 18.1 Å². The van der Waals surface area contributed by atoms with Gasteiger partial charge in [-0.15, -0.1) is 0 Å². The number of aromatic amines is 1. The molecular weight excluding hydrogens is 260 g/mol. The van der Waals surface area contributed by atoms with Gasteiger partial charge in [-0.25, -0.2) is 4.68 Å².